The van der Waals surface area contributed by atoms with E-state index in [4.69, 9.17) is 9.47 Å². The second-order valence-corrected chi connectivity index (χ2v) is 13.1. The number of aryl methyl sites for hydroxylation is 2. The Bertz CT molecular complexity index is 1530. The Morgan fingerprint density at radius 2 is 1.48 bits per heavy atom. The number of sulfonamides is 1. The Morgan fingerprint density at radius 1 is 0.886 bits per heavy atom. The molecule has 0 heterocycles. The fourth-order valence-corrected chi connectivity index (χ4v) is 6.95. The first-order chi connectivity index (χ1) is 21.1. The summed E-state index contributed by atoms with van der Waals surface area (Å²) in [6, 6.07) is 18.4. The van der Waals surface area contributed by atoms with Crippen molar-refractivity contribution < 1.29 is 27.5 Å². The molecule has 0 aliphatic heterocycles. The molecule has 0 aromatic heterocycles. The van der Waals surface area contributed by atoms with E-state index in [0.29, 0.717) is 17.9 Å². The molecule has 9 nitrogen and oxygen atoms in total. The molecular formula is C34H43N3O6S. The highest BCUT2D eigenvalue weighted by atomic mass is 32.2. The minimum absolute atomic E-state index is 0.0559. The van der Waals surface area contributed by atoms with E-state index in [1.165, 1.54) is 37.3 Å². The van der Waals surface area contributed by atoms with Crippen LogP contribution in [-0.2, 0) is 26.2 Å². The predicted octanol–water partition coefficient (Wildman–Crippen LogP) is 5.38. The van der Waals surface area contributed by atoms with Crippen LogP contribution in [0.4, 0.5) is 5.69 Å². The minimum Gasteiger partial charge on any atom is -0.493 e. The fourth-order valence-electron chi connectivity index (χ4n) is 5.52. The van der Waals surface area contributed by atoms with Crippen LogP contribution < -0.4 is 19.1 Å². The Kier molecular flexibility index (Phi) is 10.9. The number of benzene rings is 3. The van der Waals surface area contributed by atoms with Gasteiger partial charge in [-0.2, -0.15) is 0 Å². The van der Waals surface area contributed by atoms with E-state index in [-0.39, 0.29) is 29.1 Å². The zero-order valence-electron chi connectivity index (χ0n) is 26.2. The summed E-state index contributed by atoms with van der Waals surface area (Å²) in [5, 5.41) is 3.14. The molecule has 1 atom stereocenters. The Labute approximate surface area is 261 Å². The molecule has 4 rings (SSSR count). The quantitative estimate of drug-likeness (QED) is 0.275. The fraction of sp³-hybridized carbons (Fsp3) is 0.412. The maximum Gasteiger partial charge on any atom is 0.264 e. The average Bonchev–Trinajstić information content (AvgIpc) is 3.53. The lowest BCUT2D eigenvalue weighted by molar-refractivity contribution is -0.140. The van der Waals surface area contributed by atoms with Gasteiger partial charge in [0.05, 0.1) is 24.8 Å². The molecule has 1 fully saturated rings. The summed E-state index contributed by atoms with van der Waals surface area (Å²) in [6.45, 7) is 5.41. The molecule has 236 valence electrons. The summed E-state index contributed by atoms with van der Waals surface area (Å²) in [4.78, 5) is 29.4. The van der Waals surface area contributed by atoms with Crippen molar-refractivity contribution in [3.05, 3.63) is 83.4 Å². The molecule has 1 unspecified atom stereocenters. The second-order valence-electron chi connectivity index (χ2n) is 11.3. The molecular weight excluding hydrogens is 578 g/mol. The molecule has 3 aromatic carbocycles. The second kappa shape index (κ2) is 14.6. The Hall–Kier alpha value is -4.05. The van der Waals surface area contributed by atoms with Crippen molar-refractivity contribution in [3.8, 4) is 11.5 Å². The van der Waals surface area contributed by atoms with Crippen LogP contribution in [0.3, 0.4) is 0 Å². The number of nitrogens with zero attached hydrogens (tertiary/aromatic N) is 2. The lowest BCUT2D eigenvalue weighted by atomic mass is 10.1. The van der Waals surface area contributed by atoms with Gasteiger partial charge in [-0.05, 0) is 62.9 Å². The molecule has 0 saturated heterocycles. The van der Waals surface area contributed by atoms with Crippen molar-refractivity contribution >= 4 is 27.5 Å². The van der Waals surface area contributed by atoms with Crippen LogP contribution in [0.5, 0.6) is 11.5 Å². The van der Waals surface area contributed by atoms with E-state index in [0.717, 1.165) is 46.7 Å². The zero-order chi connectivity index (χ0) is 31.9. The van der Waals surface area contributed by atoms with Gasteiger partial charge in [0, 0.05) is 18.7 Å². The topological polar surface area (TPSA) is 105 Å². The van der Waals surface area contributed by atoms with Gasteiger partial charge in [0.25, 0.3) is 10.0 Å². The van der Waals surface area contributed by atoms with Crippen LogP contribution in [0.2, 0.25) is 0 Å². The number of rotatable bonds is 13. The molecule has 0 bridgehead atoms. The molecule has 2 amide bonds. The van der Waals surface area contributed by atoms with Gasteiger partial charge in [-0.25, -0.2) is 8.42 Å². The van der Waals surface area contributed by atoms with Crippen molar-refractivity contribution in [1.82, 2.24) is 10.2 Å². The van der Waals surface area contributed by atoms with Gasteiger partial charge in [0.15, 0.2) is 11.5 Å². The summed E-state index contributed by atoms with van der Waals surface area (Å²) in [5.41, 5.74) is 3.20. The highest BCUT2D eigenvalue weighted by Gasteiger charge is 2.35. The molecule has 3 aromatic rings. The van der Waals surface area contributed by atoms with Crippen LogP contribution in [0.25, 0.3) is 0 Å². The van der Waals surface area contributed by atoms with E-state index < -0.39 is 28.5 Å². The smallest absolute Gasteiger partial charge is 0.264 e. The van der Waals surface area contributed by atoms with Crippen molar-refractivity contribution in [2.45, 2.75) is 76.4 Å². The van der Waals surface area contributed by atoms with Crippen LogP contribution in [0, 0.1) is 13.8 Å². The number of ether oxygens (including phenoxy) is 2. The van der Waals surface area contributed by atoms with E-state index in [9.17, 15) is 18.0 Å². The predicted molar refractivity (Wildman–Crippen MR) is 171 cm³/mol. The van der Waals surface area contributed by atoms with Crippen LogP contribution in [-0.4, -0.2) is 58.0 Å². The molecule has 1 saturated carbocycles. The van der Waals surface area contributed by atoms with Gasteiger partial charge >= 0.3 is 0 Å². The molecule has 0 spiro atoms. The maximum absolute atomic E-state index is 14.3. The minimum atomic E-state index is -4.25. The maximum atomic E-state index is 14.3. The van der Waals surface area contributed by atoms with Gasteiger partial charge in [-0.15, -0.1) is 0 Å². The van der Waals surface area contributed by atoms with E-state index in [2.05, 4.69) is 5.32 Å². The zero-order valence-corrected chi connectivity index (χ0v) is 27.0. The lowest BCUT2D eigenvalue weighted by Gasteiger charge is -2.34. The van der Waals surface area contributed by atoms with Gasteiger partial charge in [0.1, 0.15) is 12.6 Å². The van der Waals surface area contributed by atoms with Crippen molar-refractivity contribution in [2.24, 2.45) is 0 Å². The number of carbonyl (C=O) groups is 2. The molecule has 1 N–H and O–H groups in total. The van der Waals surface area contributed by atoms with Gasteiger partial charge in [0.2, 0.25) is 11.8 Å². The van der Waals surface area contributed by atoms with E-state index in [1.807, 2.05) is 45.0 Å². The highest BCUT2D eigenvalue weighted by Crippen LogP contribution is 2.32. The first-order valence-corrected chi connectivity index (χ1v) is 16.5. The van der Waals surface area contributed by atoms with Crippen LogP contribution in [0.1, 0.15) is 55.7 Å². The number of carbonyl (C=O) groups excluding carboxylic acids is 2. The SMILES string of the molecule is CCC(C(=O)NC1CCCC1)N(Cc1ccc(C)cc1)C(=O)CN(c1ccc(C)cc1)S(=O)(=O)c1ccc(OC)c(OC)c1. The largest absolute Gasteiger partial charge is 0.493 e. The van der Waals surface area contributed by atoms with Crippen LogP contribution in [0.15, 0.2) is 71.6 Å². The Morgan fingerprint density at radius 3 is 2.05 bits per heavy atom. The summed E-state index contributed by atoms with van der Waals surface area (Å²) in [5.74, 6) is -0.0692. The molecule has 44 heavy (non-hydrogen) atoms. The standard InChI is InChI=1S/C34H43N3O6S/c1-6-30(34(39)35-27-9-7-8-10-27)36(22-26-15-11-24(2)12-16-26)33(38)23-37(28-17-13-25(3)14-18-28)44(40,41)29-19-20-31(42-4)32(21-29)43-5/h11-21,27,30H,6-10,22-23H2,1-5H3,(H,35,39). The summed E-state index contributed by atoms with van der Waals surface area (Å²) < 4.78 is 40.2. The third-order valence-corrected chi connectivity index (χ3v) is 9.87. The third kappa shape index (κ3) is 7.72. The number of anilines is 1. The normalized spacial score (nSPS) is 14.1. The van der Waals surface area contributed by atoms with Gasteiger partial charge in [-0.1, -0.05) is 67.3 Å². The van der Waals surface area contributed by atoms with Gasteiger partial charge in [-0.3, -0.25) is 13.9 Å². The molecule has 1 aliphatic rings. The first-order valence-electron chi connectivity index (χ1n) is 15.0. The van der Waals surface area contributed by atoms with E-state index in [1.54, 1.807) is 24.3 Å². The van der Waals surface area contributed by atoms with E-state index >= 15 is 0 Å². The number of hydrogen-bond acceptors (Lipinski definition) is 6. The Balaban J connectivity index is 1.73. The monoisotopic (exact) mass is 621 g/mol. The molecule has 10 heteroatoms. The summed E-state index contributed by atoms with van der Waals surface area (Å²) in [7, 11) is -1.35. The van der Waals surface area contributed by atoms with Crippen molar-refractivity contribution in [1.29, 1.82) is 0 Å². The van der Waals surface area contributed by atoms with Gasteiger partial charge < -0.3 is 19.7 Å². The van der Waals surface area contributed by atoms with Crippen LogP contribution >= 0.6 is 0 Å². The lowest BCUT2D eigenvalue weighted by Crippen LogP contribution is -2.53. The molecule has 0 radical (unpaired) electrons. The molecule has 1 aliphatic carbocycles. The first kappa shape index (κ1) is 32.9. The third-order valence-electron chi connectivity index (χ3n) is 8.10. The number of methoxy groups -OCH3 is 2. The van der Waals surface area contributed by atoms with Crippen molar-refractivity contribution in [3.63, 3.8) is 0 Å². The summed E-state index contributed by atoms with van der Waals surface area (Å²) in [6.07, 6.45) is 4.33. The average molecular weight is 622 g/mol. The summed E-state index contributed by atoms with van der Waals surface area (Å²) >= 11 is 0. The number of hydrogen-bond donors (Lipinski definition) is 1. The number of amides is 2. The number of nitrogens with one attached hydrogen (secondary N) is 1. The highest BCUT2D eigenvalue weighted by molar-refractivity contribution is 7.92. The van der Waals surface area contributed by atoms with Crippen molar-refractivity contribution in [2.75, 3.05) is 25.1 Å².